The second kappa shape index (κ2) is 7.57. The van der Waals surface area contributed by atoms with Gasteiger partial charge >= 0.3 is 0 Å². The van der Waals surface area contributed by atoms with Crippen LogP contribution in [0.3, 0.4) is 0 Å². The van der Waals surface area contributed by atoms with E-state index in [0.717, 1.165) is 35.6 Å². The number of anilines is 1. The Morgan fingerprint density at radius 3 is 2.96 bits per heavy atom. The molecule has 0 saturated heterocycles. The predicted molar refractivity (Wildman–Crippen MR) is 90.3 cm³/mol. The number of fused-ring (bicyclic) bond motifs is 1. The smallest absolute Gasteiger partial charge is 0.257 e. The summed E-state index contributed by atoms with van der Waals surface area (Å²) in [5.74, 6) is 0.633. The van der Waals surface area contributed by atoms with Crippen molar-refractivity contribution in [3.8, 4) is 5.75 Å². The molecule has 0 atom stereocenters. The summed E-state index contributed by atoms with van der Waals surface area (Å²) in [4.78, 5) is 17.9. The highest BCUT2D eigenvalue weighted by Crippen LogP contribution is 2.27. The van der Waals surface area contributed by atoms with Gasteiger partial charge in [-0.15, -0.1) is 0 Å². The first-order chi connectivity index (χ1) is 11.3. The van der Waals surface area contributed by atoms with Gasteiger partial charge in [0.15, 0.2) is 5.13 Å². The number of ether oxygens (including phenoxy) is 2. The standard InChI is InChI=1S/C17H20N2O3S/c1-2-3-9-22-13-6-4-12(5-7-13)16(20)19-17-18-14-8-10-21-11-15(14)23-17/h4-7H,2-3,8-11H2,1H3,(H,18,19,20). The third kappa shape index (κ3) is 4.09. The number of hydrogen-bond donors (Lipinski definition) is 1. The molecule has 2 heterocycles. The molecule has 1 aliphatic rings. The molecule has 0 radical (unpaired) electrons. The Hall–Kier alpha value is -1.92. The van der Waals surface area contributed by atoms with E-state index in [1.54, 1.807) is 12.1 Å². The van der Waals surface area contributed by atoms with E-state index in [1.807, 2.05) is 12.1 Å². The van der Waals surface area contributed by atoms with Gasteiger partial charge in [0.05, 0.1) is 30.4 Å². The first kappa shape index (κ1) is 16.0. The predicted octanol–water partition coefficient (Wildman–Crippen LogP) is 3.65. The number of nitrogens with one attached hydrogen (secondary N) is 1. The van der Waals surface area contributed by atoms with Gasteiger partial charge in [0.2, 0.25) is 0 Å². The van der Waals surface area contributed by atoms with E-state index >= 15 is 0 Å². The van der Waals surface area contributed by atoms with Crippen molar-refractivity contribution in [3.05, 3.63) is 40.4 Å². The summed E-state index contributed by atoms with van der Waals surface area (Å²) in [6.45, 7) is 4.12. The minimum atomic E-state index is -0.155. The lowest BCUT2D eigenvalue weighted by Gasteiger charge is -2.08. The van der Waals surface area contributed by atoms with Crippen LogP contribution in [0.15, 0.2) is 24.3 Å². The summed E-state index contributed by atoms with van der Waals surface area (Å²) < 4.78 is 11.0. The molecule has 3 rings (SSSR count). The van der Waals surface area contributed by atoms with Crippen molar-refractivity contribution in [2.24, 2.45) is 0 Å². The lowest BCUT2D eigenvalue weighted by molar-refractivity contribution is 0.102. The van der Waals surface area contributed by atoms with Crippen molar-refractivity contribution in [2.75, 3.05) is 18.5 Å². The molecule has 0 unspecified atom stereocenters. The number of amides is 1. The summed E-state index contributed by atoms with van der Waals surface area (Å²) in [6.07, 6.45) is 2.94. The molecule has 1 aromatic carbocycles. The zero-order chi connectivity index (χ0) is 16.1. The Balaban J connectivity index is 1.60. The normalized spacial score (nSPS) is 13.4. The molecular formula is C17H20N2O3S. The van der Waals surface area contributed by atoms with Crippen molar-refractivity contribution in [2.45, 2.75) is 32.8 Å². The van der Waals surface area contributed by atoms with Gasteiger partial charge in [0, 0.05) is 12.0 Å². The summed E-state index contributed by atoms with van der Waals surface area (Å²) in [5, 5.41) is 3.49. The first-order valence-electron chi connectivity index (χ1n) is 7.87. The fourth-order valence-corrected chi connectivity index (χ4v) is 3.23. The fourth-order valence-electron chi connectivity index (χ4n) is 2.28. The van der Waals surface area contributed by atoms with Crippen LogP contribution in [-0.2, 0) is 17.8 Å². The van der Waals surface area contributed by atoms with Gasteiger partial charge in [0.1, 0.15) is 5.75 Å². The van der Waals surface area contributed by atoms with Crippen LogP contribution in [0.5, 0.6) is 5.75 Å². The molecule has 0 spiro atoms. The summed E-state index contributed by atoms with van der Waals surface area (Å²) >= 11 is 1.48. The number of thiazole rings is 1. The zero-order valence-corrected chi connectivity index (χ0v) is 13.9. The molecule has 1 amide bonds. The van der Waals surface area contributed by atoms with Gasteiger partial charge in [-0.2, -0.15) is 0 Å². The van der Waals surface area contributed by atoms with Gasteiger partial charge in [-0.1, -0.05) is 24.7 Å². The Labute approximate surface area is 139 Å². The molecule has 5 nitrogen and oxygen atoms in total. The van der Waals surface area contributed by atoms with Crippen molar-refractivity contribution in [3.63, 3.8) is 0 Å². The Morgan fingerprint density at radius 2 is 2.22 bits per heavy atom. The number of benzene rings is 1. The monoisotopic (exact) mass is 332 g/mol. The van der Waals surface area contributed by atoms with E-state index < -0.39 is 0 Å². The highest BCUT2D eigenvalue weighted by molar-refractivity contribution is 7.15. The molecule has 122 valence electrons. The van der Waals surface area contributed by atoms with Crippen LogP contribution in [0.2, 0.25) is 0 Å². The van der Waals surface area contributed by atoms with Crippen LogP contribution in [0.4, 0.5) is 5.13 Å². The number of rotatable bonds is 6. The second-order valence-electron chi connectivity index (χ2n) is 5.37. The molecular weight excluding hydrogens is 312 g/mol. The maximum Gasteiger partial charge on any atom is 0.257 e. The van der Waals surface area contributed by atoms with Crippen LogP contribution in [0, 0.1) is 0 Å². The molecule has 23 heavy (non-hydrogen) atoms. The first-order valence-corrected chi connectivity index (χ1v) is 8.68. The minimum Gasteiger partial charge on any atom is -0.494 e. The number of unbranched alkanes of at least 4 members (excludes halogenated alkanes) is 1. The summed E-state index contributed by atoms with van der Waals surface area (Å²) in [6, 6.07) is 7.19. The Morgan fingerprint density at radius 1 is 1.39 bits per heavy atom. The maximum absolute atomic E-state index is 12.3. The molecule has 0 bridgehead atoms. The molecule has 0 saturated carbocycles. The molecule has 2 aromatic rings. The average molecular weight is 332 g/mol. The van der Waals surface area contributed by atoms with E-state index in [-0.39, 0.29) is 5.91 Å². The fraction of sp³-hybridized carbons (Fsp3) is 0.412. The SMILES string of the molecule is CCCCOc1ccc(C(=O)Nc2nc3c(s2)COCC3)cc1. The third-order valence-electron chi connectivity index (χ3n) is 3.60. The number of hydrogen-bond acceptors (Lipinski definition) is 5. The van der Waals surface area contributed by atoms with E-state index in [0.29, 0.717) is 30.5 Å². The molecule has 6 heteroatoms. The summed E-state index contributed by atoms with van der Waals surface area (Å²) in [5.41, 5.74) is 1.63. The maximum atomic E-state index is 12.3. The highest BCUT2D eigenvalue weighted by Gasteiger charge is 2.17. The quantitative estimate of drug-likeness (QED) is 0.820. The van der Waals surface area contributed by atoms with E-state index in [9.17, 15) is 4.79 Å². The van der Waals surface area contributed by atoms with Gasteiger partial charge < -0.3 is 9.47 Å². The van der Waals surface area contributed by atoms with Crippen LogP contribution in [0.25, 0.3) is 0 Å². The molecule has 1 aromatic heterocycles. The summed E-state index contributed by atoms with van der Waals surface area (Å²) in [7, 11) is 0. The second-order valence-corrected chi connectivity index (χ2v) is 6.46. The van der Waals surface area contributed by atoms with Gasteiger partial charge in [-0.05, 0) is 30.7 Å². The number of aromatic nitrogens is 1. The highest BCUT2D eigenvalue weighted by atomic mass is 32.1. The van der Waals surface area contributed by atoms with E-state index in [4.69, 9.17) is 9.47 Å². The van der Waals surface area contributed by atoms with Gasteiger partial charge in [-0.25, -0.2) is 4.98 Å². The number of nitrogens with zero attached hydrogens (tertiary/aromatic N) is 1. The van der Waals surface area contributed by atoms with Crippen molar-refractivity contribution >= 4 is 22.4 Å². The van der Waals surface area contributed by atoms with Gasteiger partial charge in [-0.3, -0.25) is 10.1 Å². The van der Waals surface area contributed by atoms with Crippen LogP contribution in [-0.4, -0.2) is 24.1 Å². The van der Waals surface area contributed by atoms with Crippen LogP contribution >= 0.6 is 11.3 Å². The molecule has 1 N–H and O–H groups in total. The number of carbonyl (C=O) groups is 1. The molecule has 1 aliphatic heterocycles. The average Bonchev–Trinajstić information content (AvgIpc) is 2.98. The minimum absolute atomic E-state index is 0.155. The number of carbonyl (C=O) groups excluding carboxylic acids is 1. The van der Waals surface area contributed by atoms with Crippen molar-refractivity contribution in [1.82, 2.24) is 4.98 Å². The Kier molecular flexibility index (Phi) is 5.25. The largest absolute Gasteiger partial charge is 0.494 e. The van der Waals surface area contributed by atoms with Crippen LogP contribution in [0.1, 0.15) is 40.7 Å². The van der Waals surface area contributed by atoms with Crippen molar-refractivity contribution in [1.29, 1.82) is 0 Å². The lowest BCUT2D eigenvalue weighted by Crippen LogP contribution is -2.12. The molecule has 0 aliphatic carbocycles. The van der Waals surface area contributed by atoms with Crippen LogP contribution < -0.4 is 10.1 Å². The van der Waals surface area contributed by atoms with E-state index in [2.05, 4.69) is 17.2 Å². The third-order valence-corrected chi connectivity index (χ3v) is 4.58. The van der Waals surface area contributed by atoms with E-state index in [1.165, 1.54) is 11.3 Å². The lowest BCUT2D eigenvalue weighted by atomic mass is 10.2. The topological polar surface area (TPSA) is 60.5 Å². The zero-order valence-electron chi connectivity index (χ0n) is 13.1. The van der Waals surface area contributed by atoms with Gasteiger partial charge in [0.25, 0.3) is 5.91 Å². The van der Waals surface area contributed by atoms with Crippen molar-refractivity contribution < 1.29 is 14.3 Å². The molecule has 0 fully saturated rings. The Bertz CT molecular complexity index is 643.